The molecule has 0 amide bonds. The molecule has 0 saturated heterocycles. The summed E-state index contributed by atoms with van der Waals surface area (Å²) >= 11 is 0. The SMILES string of the molecule is C=COC(O)(CCCO)CC(O)O. The molecule has 5 nitrogen and oxygen atoms in total. The van der Waals surface area contributed by atoms with E-state index in [-0.39, 0.29) is 19.4 Å². The van der Waals surface area contributed by atoms with E-state index < -0.39 is 12.1 Å². The Hall–Kier alpha value is -0.620. The minimum Gasteiger partial charge on any atom is -0.471 e. The topological polar surface area (TPSA) is 90.2 Å². The van der Waals surface area contributed by atoms with E-state index in [9.17, 15) is 5.11 Å². The minimum atomic E-state index is -1.65. The molecular weight excluding hydrogens is 176 g/mol. The summed E-state index contributed by atoms with van der Waals surface area (Å²) in [6.07, 6.45) is -0.521. The maximum absolute atomic E-state index is 9.59. The molecule has 1 atom stereocenters. The molecule has 0 fully saturated rings. The highest BCUT2D eigenvalue weighted by Crippen LogP contribution is 2.20. The van der Waals surface area contributed by atoms with Crippen LogP contribution >= 0.6 is 0 Å². The van der Waals surface area contributed by atoms with E-state index in [2.05, 4.69) is 6.58 Å². The zero-order valence-corrected chi connectivity index (χ0v) is 7.39. The lowest BCUT2D eigenvalue weighted by atomic mass is 10.1. The number of hydrogen-bond acceptors (Lipinski definition) is 5. The van der Waals surface area contributed by atoms with Crippen molar-refractivity contribution < 1.29 is 25.2 Å². The van der Waals surface area contributed by atoms with Gasteiger partial charge in [-0.3, -0.25) is 0 Å². The second kappa shape index (κ2) is 5.93. The molecule has 5 heteroatoms. The van der Waals surface area contributed by atoms with Crippen molar-refractivity contribution in [1.29, 1.82) is 0 Å². The van der Waals surface area contributed by atoms with Crippen molar-refractivity contribution in [2.24, 2.45) is 0 Å². The second-order valence-corrected chi connectivity index (χ2v) is 2.74. The number of aliphatic hydroxyl groups is 4. The summed E-state index contributed by atoms with van der Waals surface area (Å²) in [7, 11) is 0. The predicted molar refractivity (Wildman–Crippen MR) is 45.4 cm³/mol. The van der Waals surface area contributed by atoms with Crippen molar-refractivity contribution in [2.75, 3.05) is 6.61 Å². The molecule has 0 aromatic carbocycles. The minimum absolute atomic E-state index is 0.0929. The molecule has 0 bridgehead atoms. The van der Waals surface area contributed by atoms with Crippen LogP contribution in [0.1, 0.15) is 19.3 Å². The maximum atomic E-state index is 9.59. The summed E-state index contributed by atoms with van der Waals surface area (Å²) in [5.74, 6) is -1.65. The van der Waals surface area contributed by atoms with Gasteiger partial charge in [-0.25, -0.2) is 0 Å². The van der Waals surface area contributed by atoms with Gasteiger partial charge in [0.05, 0.1) is 12.7 Å². The fraction of sp³-hybridized carbons (Fsp3) is 0.750. The second-order valence-electron chi connectivity index (χ2n) is 2.74. The Labute approximate surface area is 76.9 Å². The average Bonchev–Trinajstić information content (AvgIpc) is 2.00. The van der Waals surface area contributed by atoms with E-state index in [1.165, 1.54) is 0 Å². The summed E-state index contributed by atoms with van der Waals surface area (Å²) in [6.45, 7) is 3.16. The van der Waals surface area contributed by atoms with E-state index in [4.69, 9.17) is 20.1 Å². The van der Waals surface area contributed by atoms with E-state index in [0.29, 0.717) is 6.42 Å². The number of hydrogen-bond donors (Lipinski definition) is 4. The molecule has 0 aliphatic heterocycles. The normalized spacial score (nSPS) is 15.5. The van der Waals surface area contributed by atoms with Crippen LogP contribution in [0.5, 0.6) is 0 Å². The number of ether oxygens (including phenoxy) is 1. The molecule has 13 heavy (non-hydrogen) atoms. The van der Waals surface area contributed by atoms with Gasteiger partial charge in [-0.05, 0) is 6.42 Å². The van der Waals surface area contributed by atoms with Gasteiger partial charge in [0.15, 0.2) is 6.29 Å². The van der Waals surface area contributed by atoms with Gasteiger partial charge in [0.25, 0.3) is 0 Å². The van der Waals surface area contributed by atoms with Gasteiger partial charge in [-0.2, -0.15) is 0 Å². The van der Waals surface area contributed by atoms with Gasteiger partial charge in [-0.15, -0.1) is 0 Å². The van der Waals surface area contributed by atoms with E-state index in [0.717, 1.165) is 6.26 Å². The highest BCUT2D eigenvalue weighted by atomic mass is 16.6. The number of rotatable bonds is 7. The van der Waals surface area contributed by atoms with Crippen LogP contribution in [0.2, 0.25) is 0 Å². The van der Waals surface area contributed by atoms with Gasteiger partial charge in [0, 0.05) is 13.0 Å². The monoisotopic (exact) mass is 192 g/mol. The predicted octanol–water partition coefficient (Wildman–Crippen LogP) is -0.692. The summed E-state index contributed by atoms with van der Waals surface area (Å²) in [6, 6.07) is 0. The zero-order chi connectivity index (χ0) is 10.3. The Balaban J connectivity index is 4.06. The summed E-state index contributed by atoms with van der Waals surface area (Å²) in [4.78, 5) is 0. The lowest BCUT2D eigenvalue weighted by Crippen LogP contribution is -2.35. The summed E-state index contributed by atoms with van der Waals surface area (Å²) in [5, 5.41) is 35.4. The highest BCUT2D eigenvalue weighted by Gasteiger charge is 2.29. The molecule has 0 radical (unpaired) electrons. The molecule has 0 rings (SSSR count). The molecule has 1 unspecified atom stereocenters. The number of aliphatic hydroxyl groups excluding tert-OH is 2. The molecule has 78 valence electrons. The van der Waals surface area contributed by atoms with Crippen molar-refractivity contribution >= 4 is 0 Å². The molecular formula is C8H16O5. The van der Waals surface area contributed by atoms with Gasteiger partial charge in [0.2, 0.25) is 5.79 Å². The van der Waals surface area contributed by atoms with E-state index in [1.807, 2.05) is 0 Å². The Morgan fingerprint density at radius 3 is 2.46 bits per heavy atom. The fourth-order valence-electron chi connectivity index (χ4n) is 1.00. The van der Waals surface area contributed by atoms with Crippen LogP contribution in [-0.2, 0) is 4.74 Å². The van der Waals surface area contributed by atoms with E-state index >= 15 is 0 Å². The van der Waals surface area contributed by atoms with Crippen molar-refractivity contribution in [3.05, 3.63) is 12.8 Å². The summed E-state index contributed by atoms with van der Waals surface area (Å²) in [5.41, 5.74) is 0. The van der Waals surface area contributed by atoms with Crippen LogP contribution in [0.15, 0.2) is 12.8 Å². The Morgan fingerprint density at radius 1 is 1.46 bits per heavy atom. The quantitative estimate of drug-likeness (QED) is 0.316. The molecule has 0 aliphatic rings. The first-order valence-electron chi connectivity index (χ1n) is 4.02. The Morgan fingerprint density at radius 2 is 2.08 bits per heavy atom. The molecule has 0 saturated carbocycles. The van der Waals surface area contributed by atoms with Gasteiger partial charge in [-0.1, -0.05) is 6.58 Å². The van der Waals surface area contributed by atoms with Crippen LogP contribution in [0.4, 0.5) is 0 Å². The molecule has 0 heterocycles. The van der Waals surface area contributed by atoms with Crippen molar-refractivity contribution in [1.82, 2.24) is 0 Å². The van der Waals surface area contributed by atoms with Crippen LogP contribution in [0.25, 0.3) is 0 Å². The molecule has 0 aliphatic carbocycles. The third-order valence-corrected chi connectivity index (χ3v) is 1.53. The van der Waals surface area contributed by atoms with Gasteiger partial charge in [0.1, 0.15) is 0 Å². The average molecular weight is 192 g/mol. The van der Waals surface area contributed by atoms with Crippen LogP contribution < -0.4 is 0 Å². The molecule has 4 N–H and O–H groups in total. The van der Waals surface area contributed by atoms with E-state index in [1.54, 1.807) is 0 Å². The van der Waals surface area contributed by atoms with Crippen molar-refractivity contribution in [3.8, 4) is 0 Å². The van der Waals surface area contributed by atoms with Crippen LogP contribution in [-0.4, -0.2) is 39.1 Å². The third kappa shape index (κ3) is 5.59. The molecule has 0 aromatic heterocycles. The smallest absolute Gasteiger partial charge is 0.212 e. The van der Waals surface area contributed by atoms with Crippen molar-refractivity contribution in [2.45, 2.75) is 31.3 Å². The fourth-order valence-corrected chi connectivity index (χ4v) is 1.00. The van der Waals surface area contributed by atoms with Crippen LogP contribution in [0, 0.1) is 0 Å². The molecule has 0 aromatic rings. The first kappa shape index (κ1) is 12.4. The zero-order valence-electron chi connectivity index (χ0n) is 7.39. The Bertz CT molecular complexity index is 147. The van der Waals surface area contributed by atoms with Crippen molar-refractivity contribution in [3.63, 3.8) is 0 Å². The first-order chi connectivity index (χ1) is 6.04. The van der Waals surface area contributed by atoms with Gasteiger partial charge < -0.3 is 25.2 Å². The molecule has 0 spiro atoms. The first-order valence-corrected chi connectivity index (χ1v) is 4.02. The lowest BCUT2D eigenvalue weighted by molar-refractivity contribution is -0.216. The standard InChI is InChI=1S/C8H16O5/c1-2-13-8(12,4-3-5-9)6-7(10)11/h2,7,9-12H,1,3-6H2. The van der Waals surface area contributed by atoms with Crippen LogP contribution in [0.3, 0.4) is 0 Å². The lowest BCUT2D eigenvalue weighted by Gasteiger charge is -2.27. The largest absolute Gasteiger partial charge is 0.471 e. The Kier molecular flexibility index (Phi) is 5.65. The summed E-state index contributed by atoms with van der Waals surface area (Å²) < 4.78 is 4.73. The van der Waals surface area contributed by atoms with Gasteiger partial charge >= 0.3 is 0 Å². The third-order valence-electron chi connectivity index (χ3n) is 1.53. The maximum Gasteiger partial charge on any atom is 0.212 e. The highest BCUT2D eigenvalue weighted by molar-refractivity contribution is 4.71.